The van der Waals surface area contributed by atoms with E-state index in [1.54, 1.807) is 36.4 Å². The summed E-state index contributed by atoms with van der Waals surface area (Å²) in [6.45, 7) is 9.42. The van der Waals surface area contributed by atoms with E-state index in [1.807, 2.05) is 20.8 Å². The van der Waals surface area contributed by atoms with Gasteiger partial charge < -0.3 is 0 Å². The number of hydrogen-bond acceptors (Lipinski definition) is 2. The van der Waals surface area contributed by atoms with Crippen molar-refractivity contribution in [2.75, 3.05) is 0 Å². The molecule has 0 spiro atoms. The molecule has 0 saturated heterocycles. The summed E-state index contributed by atoms with van der Waals surface area (Å²) >= 11 is 0. The smallest absolute Gasteiger partial charge is 0.194 e. The molecule has 0 aromatic heterocycles. The van der Waals surface area contributed by atoms with Crippen LogP contribution in [0, 0.1) is 0 Å². The predicted molar refractivity (Wildman–Crippen MR) is 78.5 cm³/mol. The molecule has 0 saturated carbocycles. The minimum atomic E-state index is -0.136. The molecule has 2 rings (SSSR count). The van der Waals surface area contributed by atoms with Gasteiger partial charge in [-0.15, -0.1) is 0 Å². The van der Waals surface area contributed by atoms with E-state index in [0.29, 0.717) is 22.3 Å². The van der Waals surface area contributed by atoms with Gasteiger partial charge in [-0.2, -0.15) is 0 Å². The SMILES string of the molecule is C=CC1=C(/C=C\C)C(=O)c2ccccc2C1=O.CC. The van der Waals surface area contributed by atoms with Gasteiger partial charge in [0.05, 0.1) is 0 Å². The van der Waals surface area contributed by atoms with Gasteiger partial charge in [0.25, 0.3) is 0 Å². The highest BCUT2D eigenvalue weighted by molar-refractivity contribution is 6.28. The van der Waals surface area contributed by atoms with E-state index in [-0.39, 0.29) is 11.6 Å². The van der Waals surface area contributed by atoms with Crippen molar-refractivity contribution < 1.29 is 9.59 Å². The molecule has 1 aromatic rings. The van der Waals surface area contributed by atoms with Crippen LogP contribution in [0.1, 0.15) is 41.5 Å². The molecular weight excluding hydrogens is 236 g/mol. The van der Waals surface area contributed by atoms with Crippen LogP contribution in [0.4, 0.5) is 0 Å². The molecule has 0 amide bonds. The average Bonchev–Trinajstić information content (AvgIpc) is 2.47. The number of fused-ring (bicyclic) bond motifs is 1. The van der Waals surface area contributed by atoms with Crippen molar-refractivity contribution in [2.45, 2.75) is 20.8 Å². The molecule has 0 atom stereocenters. The number of carbonyl (C=O) groups excluding carboxylic acids is 2. The molecule has 1 aromatic carbocycles. The van der Waals surface area contributed by atoms with Gasteiger partial charge >= 0.3 is 0 Å². The molecule has 1 aliphatic carbocycles. The number of ketones is 2. The monoisotopic (exact) mass is 254 g/mol. The number of allylic oxidation sites excluding steroid dienone is 5. The van der Waals surface area contributed by atoms with Crippen molar-refractivity contribution >= 4 is 11.6 Å². The molecule has 0 N–H and O–H groups in total. The molecule has 1 aliphatic rings. The highest BCUT2D eigenvalue weighted by Gasteiger charge is 2.28. The van der Waals surface area contributed by atoms with Gasteiger partial charge in [0.1, 0.15) is 0 Å². The lowest BCUT2D eigenvalue weighted by atomic mass is 9.84. The third-order valence-corrected chi connectivity index (χ3v) is 2.73. The third-order valence-electron chi connectivity index (χ3n) is 2.73. The molecule has 19 heavy (non-hydrogen) atoms. The number of rotatable bonds is 2. The second kappa shape index (κ2) is 6.64. The van der Waals surface area contributed by atoms with E-state index < -0.39 is 0 Å². The van der Waals surface area contributed by atoms with Crippen LogP contribution in [-0.2, 0) is 0 Å². The number of hydrogen-bond donors (Lipinski definition) is 0. The first kappa shape index (κ1) is 14.8. The third kappa shape index (κ3) is 2.63. The van der Waals surface area contributed by atoms with Gasteiger partial charge in [-0.3, -0.25) is 9.59 Å². The lowest BCUT2D eigenvalue weighted by molar-refractivity contribution is 0.0980. The number of carbonyl (C=O) groups is 2. The maximum Gasteiger partial charge on any atom is 0.194 e. The Labute approximate surface area is 114 Å². The van der Waals surface area contributed by atoms with Crippen LogP contribution in [0.25, 0.3) is 0 Å². The Morgan fingerprint density at radius 3 is 1.84 bits per heavy atom. The molecule has 98 valence electrons. The summed E-state index contributed by atoms with van der Waals surface area (Å²) in [7, 11) is 0. The van der Waals surface area contributed by atoms with Crippen molar-refractivity contribution in [1.82, 2.24) is 0 Å². The van der Waals surface area contributed by atoms with Crippen molar-refractivity contribution in [3.05, 3.63) is 71.3 Å². The lowest BCUT2D eigenvalue weighted by Gasteiger charge is -2.16. The lowest BCUT2D eigenvalue weighted by Crippen LogP contribution is -2.20. The van der Waals surface area contributed by atoms with Crippen LogP contribution >= 0.6 is 0 Å². The highest BCUT2D eigenvalue weighted by atomic mass is 16.1. The molecule has 2 heteroatoms. The Balaban J connectivity index is 0.000000861. The topological polar surface area (TPSA) is 34.1 Å². The summed E-state index contributed by atoms with van der Waals surface area (Å²) in [5.74, 6) is -0.253. The molecule has 0 unspecified atom stereocenters. The van der Waals surface area contributed by atoms with Gasteiger partial charge in [-0.25, -0.2) is 0 Å². The van der Waals surface area contributed by atoms with E-state index >= 15 is 0 Å². The quantitative estimate of drug-likeness (QED) is 0.794. The summed E-state index contributed by atoms with van der Waals surface area (Å²) in [4.78, 5) is 24.4. The van der Waals surface area contributed by atoms with Crippen LogP contribution in [0.5, 0.6) is 0 Å². The van der Waals surface area contributed by atoms with Gasteiger partial charge in [-0.05, 0) is 6.92 Å². The van der Waals surface area contributed by atoms with E-state index in [2.05, 4.69) is 6.58 Å². The standard InChI is InChI=1S/C15H12O2.C2H6/c1-3-7-11-10(4-2)14(16)12-8-5-6-9-13(12)15(11)17;1-2/h3-9H,2H2,1H3;1-2H3/b7-3-;. The van der Waals surface area contributed by atoms with E-state index in [0.717, 1.165) is 0 Å². The van der Waals surface area contributed by atoms with Crippen molar-refractivity contribution in [2.24, 2.45) is 0 Å². The van der Waals surface area contributed by atoms with Gasteiger partial charge in [0.2, 0.25) is 0 Å². The summed E-state index contributed by atoms with van der Waals surface area (Å²) in [5, 5.41) is 0. The molecule has 0 aliphatic heterocycles. The minimum Gasteiger partial charge on any atom is -0.289 e. The van der Waals surface area contributed by atoms with Crippen LogP contribution < -0.4 is 0 Å². The van der Waals surface area contributed by atoms with Crippen LogP contribution in [0.2, 0.25) is 0 Å². The summed E-state index contributed by atoms with van der Waals surface area (Å²) in [6.07, 6.45) is 4.86. The van der Waals surface area contributed by atoms with E-state index in [9.17, 15) is 9.59 Å². The second-order valence-corrected chi connectivity index (χ2v) is 3.74. The predicted octanol–water partition coefficient (Wildman–Crippen LogP) is 4.15. The second-order valence-electron chi connectivity index (χ2n) is 3.74. The fourth-order valence-corrected chi connectivity index (χ4v) is 1.95. The Bertz CT molecular complexity index is 575. The minimum absolute atomic E-state index is 0.117. The molecule has 0 bridgehead atoms. The van der Waals surface area contributed by atoms with Crippen LogP contribution in [0.15, 0.2) is 60.2 Å². The van der Waals surface area contributed by atoms with Crippen LogP contribution in [0.3, 0.4) is 0 Å². The molecule has 0 heterocycles. The molecule has 0 fully saturated rings. The molecule has 0 radical (unpaired) electrons. The van der Waals surface area contributed by atoms with E-state index in [4.69, 9.17) is 0 Å². The van der Waals surface area contributed by atoms with Crippen molar-refractivity contribution in [1.29, 1.82) is 0 Å². The Kier molecular flexibility index (Phi) is 5.19. The maximum atomic E-state index is 12.2. The van der Waals surface area contributed by atoms with Crippen LogP contribution in [-0.4, -0.2) is 11.6 Å². The first-order valence-corrected chi connectivity index (χ1v) is 6.38. The van der Waals surface area contributed by atoms with Gasteiger partial charge in [-0.1, -0.05) is 62.9 Å². The maximum absolute atomic E-state index is 12.2. The van der Waals surface area contributed by atoms with Crippen molar-refractivity contribution in [3.8, 4) is 0 Å². The first-order chi connectivity index (χ1) is 9.20. The average molecular weight is 254 g/mol. The fraction of sp³-hybridized carbons (Fsp3) is 0.176. The Morgan fingerprint density at radius 2 is 1.42 bits per heavy atom. The van der Waals surface area contributed by atoms with Gasteiger partial charge in [0.15, 0.2) is 11.6 Å². The zero-order valence-corrected chi connectivity index (χ0v) is 11.6. The fourth-order valence-electron chi connectivity index (χ4n) is 1.95. The summed E-state index contributed by atoms with van der Waals surface area (Å²) < 4.78 is 0. The first-order valence-electron chi connectivity index (χ1n) is 6.38. The molecular formula is C17H18O2. The number of Topliss-reactive ketones (excluding diaryl/α,β-unsaturated/α-hetero) is 2. The zero-order chi connectivity index (χ0) is 14.4. The zero-order valence-electron chi connectivity index (χ0n) is 11.6. The normalized spacial score (nSPS) is 14.1. The van der Waals surface area contributed by atoms with Crippen molar-refractivity contribution in [3.63, 3.8) is 0 Å². The highest BCUT2D eigenvalue weighted by Crippen LogP contribution is 2.27. The Hall–Kier alpha value is -2.22. The largest absolute Gasteiger partial charge is 0.289 e. The molecule has 2 nitrogen and oxygen atoms in total. The Morgan fingerprint density at radius 1 is 0.947 bits per heavy atom. The summed E-state index contributed by atoms with van der Waals surface area (Å²) in [6, 6.07) is 6.87. The van der Waals surface area contributed by atoms with E-state index in [1.165, 1.54) is 6.08 Å². The summed E-state index contributed by atoms with van der Waals surface area (Å²) in [5.41, 5.74) is 1.73. The number of benzene rings is 1. The van der Waals surface area contributed by atoms with Gasteiger partial charge in [0, 0.05) is 22.3 Å².